The summed E-state index contributed by atoms with van der Waals surface area (Å²) >= 11 is 0.896. The Morgan fingerprint density at radius 3 is 2.71 bits per heavy atom. The average Bonchev–Trinajstić information content (AvgIpc) is 2.88. The number of carbonyl (C=O) groups is 1. The first-order chi connectivity index (χ1) is 7.95. The molecular formula is C7H11N5O3S2. The molecule has 1 aliphatic rings. The minimum Gasteiger partial charge on any atom is -0.261 e. The second-order valence-corrected chi connectivity index (χ2v) is 6.75. The predicted molar refractivity (Wildman–Crippen MR) is 61.3 cm³/mol. The summed E-state index contributed by atoms with van der Waals surface area (Å²) in [6.45, 7) is 1.79. The number of sulfone groups is 1. The summed E-state index contributed by atoms with van der Waals surface area (Å²) in [6, 6.07) is -0.290. The molecule has 17 heavy (non-hydrogen) atoms. The van der Waals surface area contributed by atoms with Crippen LogP contribution in [0.5, 0.6) is 0 Å². The number of urea groups is 1. The number of hydrazine groups is 1. The van der Waals surface area contributed by atoms with Crippen LogP contribution in [-0.2, 0) is 9.84 Å². The number of hydrogen-bond donors (Lipinski definition) is 1. The summed E-state index contributed by atoms with van der Waals surface area (Å²) in [5.41, 5.74) is 2.78. The Kier molecular flexibility index (Phi) is 3.02. The van der Waals surface area contributed by atoms with Crippen LogP contribution in [0.15, 0.2) is 4.34 Å². The monoisotopic (exact) mass is 277 g/mol. The molecule has 1 fully saturated rings. The lowest BCUT2D eigenvalue weighted by molar-refractivity contribution is 0.217. The summed E-state index contributed by atoms with van der Waals surface area (Å²) in [5.74, 6) is -0.0340. The molecule has 1 aromatic heterocycles. The molecule has 0 bridgehead atoms. The normalized spacial score (nSPS) is 16.9. The van der Waals surface area contributed by atoms with E-state index in [4.69, 9.17) is 0 Å². The van der Waals surface area contributed by atoms with Crippen molar-refractivity contribution < 1.29 is 13.2 Å². The van der Waals surface area contributed by atoms with Crippen molar-refractivity contribution in [3.05, 3.63) is 0 Å². The molecule has 1 saturated heterocycles. The molecule has 0 aliphatic carbocycles. The Bertz CT molecular complexity index is 539. The van der Waals surface area contributed by atoms with E-state index in [1.165, 1.54) is 16.8 Å². The van der Waals surface area contributed by atoms with Crippen molar-refractivity contribution in [3.8, 4) is 0 Å². The van der Waals surface area contributed by atoms with Crippen molar-refractivity contribution in [1.82, 2.24) is 20.6 Å². The Hall–Kier alpha value is -1.26. The van der Waals surface area contributed by atoms with E-state index in [1.54, 1.807) is 7.05 Å². The summed E-state index contributed by atoms with van der Waals surface area (Å²) in [6.07, 6.45) is 0. The first-order valence-corrected chi connectivity index (χ1v) is 7.27. The maximum absolute atomic E-state index is 11.6. The first kappa shape index (κ1) is 12.2. The Morgan fingerprint density at radius 2 is 2.18 bits per heavy atom. The minimum absolute atomic E-state index is 0.0340. The third-order valence-corrected chi connectivity index (χ3v) is 5.38. The number of aromatic nitrogens is 2. The molecule has 2 amide bonds. The fourth-order valence-electron chi connectivity index (χ4n) is 1.20. The lowest BCUT2D eigenvalue weighted by Gasteiger charge is -2.08. The van der Waals surface area contributed by atoms with Gasteiger partial charge in [0.25, 0.3) is 0 Å². The van der Waals surface area contributed by atoms with Gasteiger partial charge in [0.2, 0.25) is 19.3 Å². The van der Waals surface area contributed by atoms with Gasteiger partial charge in [0, 0.05) is 7.05 Å². The number of rotatable bonds is 3. The highest BCUT2D eigenvalue weighted by Crippen LogP contribution is 2.25. The van der Waals surface area contributed by atoms with E-state index in [1.807, 2.05) is 0 Å². The highest BCUT2D eigenvalue weighted by atomic mass is 32.2. The molecule has 0 spiro atoms. The fraction of sp³-hybridized carbons (Fsp3) is 0.571. The lowest BCUT2D eigenvalue weighted by atomic mass is 10.8. The van der Waals surface area contributed by atoms with Crippen LogP contribution < -0.4 is 10.3 Å². The largest absolute Gasteiger partial charge is 0.341 e. The molecule has 0 saturated carbocycles. The number of nitrogens with zero attached hydrogens (tertiary/aromatic N) is 4. The van der Waals surface area contributed by atoms with Gasteiger partial charge in [-0.15, -0.1) is 10.2 Å². The predicted octanol–water partition coefficient (Wildman–Crippen LogP) is -0.334. The summed E-state index contributed by atoms with van der Waals surface area (Å²) < 4.78 is 23.0. The fourth-order valence-corrected chi connectivity index (χ4v) is 3.27. The molecular weight excluding hydrogens is 266 g/mol. The molecule has 1 aliphatic heterocycles. The highest BCUT2D eigenvalue weighted by molar-refractivity contribution is 7.93. The van der Waals surface area contributed by atoms with Gasteiger partial charge in [-0.2, -0.15) is 0 Å². The lowest BCUT2D eigenvalue weighted by Crippen LogP contribution is -2.31. The van der Waals surface area contributed by atoms with Crippen LogP contribution in [0.2, 0.25) is 0 Å². The van der Waals surface area contributed by atoms with Gasteiger partial charge in [0.15, 0.2) is 0 Å². The minimum atomic E-state index is -3.36. The van der Waals surface area contributed by atoms with Gasteiger partial charge in [-0.25, -0.2) is 18.6 Å². The van der Waals surface area contributed by atoms with E-state index in [2.05, 4.69) is 15.6 Å². The SMILES string of the molecule is CCS(=O)(=O)c1nnc(N2CNN(C)C2=O)s1. The molecule has 8 nitrogen and oxygen atoms in total. The maximum atomic E-state index is 11.6. The van der Waals surface area contributed by atoms with Crippen LogP contribution in [0, 0.1) is 0 Å². The zero-order valence-corrected chi connectivity index (χ0v) is 10.9. The van der Waals surface area contributed by atoms with E-state index in [0.29, 0.717) is 0 Å². The highest BCUT2D eigenvalue weighted by Gasteiger charge is 2.30. The number of hydrogen-bond acceptors (Lipinski definition) is 7. The van der Waals surface area contributed by atoms with Crippen LogP contribution in [0.3, 0.4) is 0 Å². The second-order valence-electron chi connectivity index (χ2n) is 3.34. The number of anilines is 1. The molecule has 1 aromatic rings. The van der Waals surface area contributed by atoms with Crippen molar-refractivity contribution >= 4 is 32.3 Å². The van der Waals surface area contributed by atoms with Gasteiger partial charge in [-0.1, -0.05) is 18.3 Å². The van der Waals surface area contributed by atoms with E-state index in [0.717, 1.165) is 11.3 Å². The van der Waals surface area contributed by atoms with E-state index < -0.39 is 9.84 Å². The van der Waals surface area contributed by atoms with Crippen molar-refractivity contribution in [2.45, 2.75) is 11.3 Å². The maximum Gasteiger partial charge on any atom is 0.341 e. The smallest absolute Gasteiger partial charge is 0.261 e. The van der Waals surface area contributed by atoms with E-state index in [9.17, 15) is 13.2 Å². The molecule has 2 rings (SSSR count). The molecule has 0 aromatic carbocycles. The van der Waals surface area contributed by atoms with Gasteiger partial charge in [0.05, 0.1) is 12.4 Å². The number of amides is 2. The zero-order valence-electron chi connectivity index (χ0n) is 9.24. The molecule has 1 N–H and O–H groups in total. The molecule has 0 atom stereocenters. The van der Waals surface area contributed by atoms with Gasteiger partial charge >= 0.3 is 6.03 Å². The van der Waals surface area contributed by atoms with Crippen LogP contribution >= 0.6 is 11.3 Å². The third-order valence-electron chi connectivity index (χ3n) is 2.26. The molecule has 0 unspecified atom stereocenters. The van der Waals surface area contributed by atoms with Crippen LogP contribution in [0.25, 0.3) is 0 Å². The number of carbonyl (C=O) groups excluding carboxylic acids is 1. The van der Waals surface area contributed by atoms with Gasteiger partial charge in [-0.05, 0) is 0 Å². The first-order valence-electron chi connectivity index (χ1n) is 4.80. The Morgan fingerprint density at radius 1 is 1.47 bits per heavy atom. The molecule has 2 heterocycles. The van der Waals surface area contributed by atoms with Crippen LogP contribution in [0.4, 0.5) is 9.93 Å². The van der Waals surface area contributed by atoms with Crippen molar-refractivity contribution in [1.29, 1.82) is 0 Å². The molecule has 0 radical (unpaired) electrons. The van der Waals surface area contributed by atoms with E-state index in [-0.39, 0.29) is 27.9 Å². The van der Waals surface area contributed by atoms with Crippen LogP contribution in [0.1, 0.15) is 6.92 Å². The Balaban J connectivity index is 2.28. The topological polar surface area (TPSA) is 95.5 Å². The summed E-state index contributed by atoms with van der Waals surface area (Å²) in [7, 11) is -1.79. The average molecular weight is 277 g/mol. The second kappa shape index (κ2) is 4.20. The van der Waals surface area contributed by atoms with Gasteiger partial charge in [0.1, 0.15) is 0 Å². The third kappa shape index (κ3) is 2.10. The number of nitrogens with one attached hydrogen (secondary N) is 1. The van der Waals surface area contributed by atoms with Crippen LogP contribution in [-0.4, -0.2) is 49.1 Å². The molecule has 94 valence electrons. The van der Waals surface area contributed by atoms with E-state index >= 15 is 0 Å². The van der Waals surface area contributed by atoms with Crippen molar-refractivity contribution in [2.75, 3.05) is 24.4 Å². The summed E-state index contributed by atoms with van der Waals surface area (Å²) in [4.78, 5) is 12.9. The Labute approximate surface area is 102 Å². The van der Waals surface area contributed by atoms with Crippen molar-refractivity contribution in [3.63, 3.8) is 0 Å². The van der Waals surface area contributed by atoms with Gasteiger partial charge in [-0.3, -0.25) is 9.91 Å². The van der Waals surface area contributed by atoms with Gasteiger partial charge < -0.3 is 0 Å². The summed E-state index contributed by atoms with van der Waals surface area (Å²) in [5, 5.41) is 8.91. The standard InChI is InChI=1S/C7H11N5O3S2/c1-3-17(14,15)6-10-9-5(16-6)12-4-8-11(2)7(12)13/h8H,3-4H2,1-2H3. The zero-order chi connectivity index (χ0) is 12.6. The molecule has 10 heteroatoms. The quantitative estimate of drug-likeness (QED) is 0.760. The van der Waals surface area contributed by atoms with Crippen molar-refractivity contribution in [2.24, 2.45) is 0 Å².